The molecule has 0 radical (unpaired) electrons. The van der Waals surface area contributed by atoms with Gasteiger partial charge in [0.1, 0.15) is 5.75 Å². The van der Waals surface area contributed by atoms with E-state index < -0.39 is 12.1 Å². The topological polar surface area (TPSA) is 70.3 Å². The van der Waals surface area contributed by atoms with E-state index in [1.165, 1.54) is 6.92 Å². The molecule has 0 amide bonds. The fraction of sp³-hybridized carbons (Fsp3) is 0.111. The lowest BCUT2D eigenvalue weighted by molar-refractivity contribution is -0.144. The maximum absolute atomic E-state index is 10.8. The van der Waals surface area contributed by atoms with Gasteiger partial charge in [0.2, 0.25) is 0 Å². The minimum Gasteiger partial charge on any atom is -0.479 e. The number of hydrogen-bond donors (Lipinski definition) is 1. The normalized spacial score (nSPS) is 12.3. The Morgan fingerprint density at radius 3 is 2.35 bits per heavy atom. The molecule has 0 heterocycles. The highest BCUT2D eigenvalue weighted by molar-refractivity contribution is 9.10. The van der Waals surface area contributed by atoms with Crippen LogP contribution in [-0.2, 0) is 4.79 Å². The standard InChI is InChI=1S/C18H14BrNO3/c1-12(18(21)22)23-17-8-2-13(3-9-17)10-15(11-20)14-4-6-16(19)7-5-14/h2-10,12H,1H3,(H,21,22)/b15-10-/t12-/m0/s1. The summed E-state index contributed by atoms with van der Waals surface area (Å²) in [5, 5.41) is 18.1. The Hall–Kier alpha value is -2.58. The fourth-order valence-corrected chi connectivity index (χ4v) is 2.14. The molecule has 2 rings (SSSR count). The summed E-state index contributed by atoms with van der Waals surface area (Å²) in [7, 11) is 0. The zero-order valence-corrected chi connectivity index (χ0v) is 13.9. The molecule has 23 heavy (non-hydrogen) atoms. The second-order valence-electron chi connectivity index (χ2n) is 4.84. The molecule has 0 saturated heterocycles. The van der Waals surface area contributed by atoms with Crippen LogP contribution >= 0.6 is 15.9 Å². The van der Waals surface area contributed by atoms with Gasteiger partial charge in [0.05, 0.1) is 11.6 Å². The number of allylic oxidation sites excluding steroid dienone is 1. The van der Waals surface area contributed by atoms with Crippen LogP contribution in [0.3, 0.4) is 0 Å². The number of nitriles is 1. The highest BCUT2D eigenvalue weighted by Gasteiger charge is 2.11. The van der Waals surface area contributed by atoms with E-state index in [-0.39, 0.29) is 0 Å². The second-order valence-corrected chi connectivity index (χ2v) is 5.76. The van der Waals surface area contributed by atoms with Gasteiger partial charge in [-0.15, -0.1) is 0 Å². The highest BCUT2D eigenvalue weighted by Crippen LogP contribution is 2.21. The summed E-state index contributed by atoms with van der Waals surface area (Å²) in [6.45, 7) is 1.47. The molecular formula is C18H14BrNO3. The van der Waals surface area contributed by atoms with Crippen LogP contribution in [0.1, 0.15) is 18.1 Å². The number of ether oxygens (including phenoxy) is 1. The number of hydrogen-bond acceptors (Lipinski definition) is 3. The van der Waals surface area contributed by atoms with Gasteiger partial charge in [0, 0.05) is 4.47 Å². The quantitative estimate of drug-likeness (QED) is 0.625. The van der Waals surface area contributed by atoms with Crippen molar-refractivity contribution in [3.8, 4) is 11.8 Å². The molecule has 4 nitrogen and oxygen atoms in total. The van der Waals surface area contributed by atoms with E-state index in [1.54, 1.807) is 30.3 Å². The summed E-state index contributed by atoms with van der Waals surface area (Å²) < 4.78 is 6.22. The molecule has 5 heteroatoms. The van der Waals surface area contributed by atoms with Crippen molar-refractivity contribution >= 4 is 33.5 Å². The molecule has 0 aliphatic carbocycles. The highest BCUT2D eigenvalue weighted by atomic mass is 79.9. The van der Waals surface area contributed by atoms with Crippen molar-refractivity contribution in [2.45, 2.75) is 13.0 Å². The third-order valence-electron chi connectivity index (χ3n) is 3.13. The van der Waals surface area contributed by atoms with E-state index in [4.69, 9.17) is 9.84 Å². The number of carbonyl (C=O) groups is 1. The van der Waals surface area contributed by atoms with Crippen LogP contribution in [-0.4, -0.2) is 17.2 Å². The Kier molecular flexibility index (Phi) is 5.56. The predicted molar refractivity (Wildman–Crippen MR) is 91.8 cm³/mol. The molecule has 0 spiro atoms. The number of nitrogens with zero attached hydrogens (tertiary/aromatic N) is 1. The molecule has 116 valence electrons. The van der Waals surface area contributed by atoms with Gasteiger partial charge in [-0.1, -0.05) is 40.2 Å². The van der Waals surface area contributed by atoms with Gasteiger partial charge in [-0.25, -0.2) is 4.79 Å². The van der Waals surface area contributed by atoms with Crippen molar-refractivity contribution in [2.24, 2.45) is 0 Å². The average molecular weight is 372 g/mol. The van der Waals surface area contributed by atoms with E-state index in [0.717, 1.165) is 15.6 Å². The second kappa shape index (κ2) is 7.61. The van der Waals surface area contributed by atoms with Crippen LogP contribution in [0.15, 0.2) is 53.0 Å². The Morgan fingerprint density at radius 2 is 1.83 bits per heavy atom. The van der Waals surface area contributed by atoms with Gasteiger partial charge in [0.15, 0.2) is 6.10 Å². The lowest BCUT2D eigenvalue weighted by Crippen LogP contribution is -2.22. The van der Waals surface area contributed by atoms with Gasteiger partial charge in [-0.3, -0.25) is 0 Å². The van der Waals surface area contributed by atoms with Crippen LogP contribution in [0.4, 0.5) is 0 Å². The van der Waals surface area contributed by atoms with Gasteiger partial charge in [0.25, 0.3) is 0 Å². The summed E-state index contributed by atoms with van der Waals surface area (Å²) >= 11 is 3.36. The van der Waals surface area contributed by atoms with Gasteiger partial charge in [-0.2, -0.15) is 5.26 Å². The third kappa shape index (κ3) is 4.70. The number of carboxylic acids is 1. The molecule has 2 aromatic rings. The molecule has 0 saturated carbocycles. The number of halogens is 1. The minimum atomic E-state index is -1.02. The van der Waals surface area contributed by atoms with E-state index >= 15 is 0 Å². The summed E-state index contributed by atoms with van der Waals surface area (Å²) in [6.07, 6.45) is 0.863. The van der Waals surface area contributed by atoms with Crippen LogP contribution in [0.2, 0.25) is 0 Å². The van der Waals surface area contributed by atoms with Crippen LogP contribution in [0.25, 0.3) is 11.6 Å². The zero-order chi connectivity index (χ0) is 16.8. The largest absolute Gasteiger partial charge is 0.479 e. The van der Waals surface area contributed by atoms with Crippen LogP contribution in [0.5, 0.6) is 5.75 Å². The van der Waals surface area contributed by atoms with E-state index in [0.29, 0.717) is 11.3 Å². The first kappa shape index (κ1) is 16.8. The molecule has 0 fully saturated rings. The Bertz CT molecular complexity index is 758. The number of carboxylic acid groups (broad SMARTS) is 1. The Balaban J connectivity index is 2.19. The lowest BCUT2D eigenvalue weighted by atomic mass is 10.0. The van der Waals surface area contributed by atoms with Crippen molar-refractivity contribution in [3.63, 3.8) is 0 Å². The van der Waals surface area contributed by atoms with Crippen molar-refractivity contribution in [2.75, 3.05) is 0 Å². The Morgan fingerprint density at radius 1 is 1.22 bits per heavy atom. The lowest BCUT2D eigenvalue weighted by Gasteiger charge is -2.10. The molecule has 0 unspecified atom stereocenters. The summed E-state index contributed by atoms with van der Waals surface area (Å²) in [5.41, 5.74) is 2.21. The minimum absolute atomic E-state index is 0.471. The SMILES string of the molecule is C[C@H](Oc1ccc(/C=C(/C#N)c2ccc(Br)cc2)cc1)C(=O)O. The smallest absolute Gasteiger partial charge is 0.344 e. The number of rotatable bonds is 5. The first-order valence-corrected chi connectivity index (χ1v) is 7.66. The molecule has 0 bridgehead atoms. The summed E-state index contributed by atoms with van der Waals surface area (Å²) in [6, 6.07) is 16.6. The van der Waals surface area contributed by atoms with Gasteiger partial charge >= 0.3 is 5.97 Å². The van der Waals surface area contributed by atoms with Crippen molar-refractivity contribution in [3.05, 3.63) is 64.1 Å². The van der Waals surface area contributed by atoms with E-state index in [2.05, 4.69) is 22.0 Å². The average Bonchev–Trinajstić information content (AvgIpc) is 2.55. The molecule has 1 N–H and O–H groups in total. The fourth-order valence-electron chi connectivity index (χ4n) is 1.87. The van der Waals surface area contributed by atoms with Crippen molar-refractivity contribution in [1.82, 2.24) is 0 Å². The monoisotopic (exact) mass is 371 g/mol. The Labute approximate surface area is 142 Å². The third-order valence-corrected chi connectivity index (χ3v) is 3.66. The maximum Gasteiger partial charge on any atom is 0.344 e. The molecule has 0 aromatic heterocycles. The summed E-state index contributed by atoms with van der Waals surface area (Å²) in [4.78, 5) is 10.8. The van der Waals surface area contributed by atoms with Crippen LogP contribution < -0.4 is 4.74 Å². The number of aliphatic carboxylic acids is 1. The molecule has 0 aliphatic rings. The first-order valence-electron chi connectivity index (χ1n) is 6.87. The maximum atomic E-state index is 10.8. The van der Waals surface area contributed by atoms with E-state index in [1.807, 2.05) is 24.3 Å². The van der Waals surface area contributed by atoms with Gasteiger partial charge < -0.3 is 9.84 Å². The molecule has 2 aromatic carbocycles. The predicted octanol–water partition coefficient (Wildman–Crippen LogP) is 4.37. The molecular weight excluding hydrogens is 358 g/mol. The molecule has 0 aliphatic heterocycles. The van der Waals surface area contributed by atoms with Gasteiger partial charge in [-0.05, 0) is 48.4 Å². The summed E-state index contributed by atoms with van der Waals surface area (Å²) in [5.74, 6) is -0.546. The first-order chi connectivity index (χ1) is 11.0. The van der Waals surface area contributed by atoms with E-state index in [9.17, 15) is 10.1 Å². The molecule has 1 atom stereocenters. The van der Waals surface area contributed by atoms with Crippen LogP contribution in [0, 0.1) is 11.3 Å². The zero-order valence-electron chi connectivity index (χ0n) is 12.4. The van der Waals surface area contributed by atoms with Crippen molar-refractivity contribution < 1.29 is 14.6 Å². The van der Waals surface area contributed by atoms with Crippen molar-refractivity contribution in [1.29, 1.82) is 5.26 Å². The number of benzene rings is 2.